The number of hydrogen-bond donors (Lipinski definition) is 0. The van der Waals surface area contributed by atoms with Gasteiger partial charge >= 0.3 is 5.82 Å². The molecule has 2 heterocycles. The SMILES string of the molecule is O=[N+]([O-])c1cccc(-n2ccc3cc(Br)ccc32)n1. The molecule has 0 bridgehead atoms. The third kappa shape index (κ3) is 2.10. The molecular weight excluding hydrogens is 310 g/mol. The highest BCUT2D eigenvalue weighted by atomic mass is 79.9. The average Bonchev–Trinajstić information content (AvgIpc) is 2.81. The minimum absolute atomic E-state index is 0.156. The number of halogens is 1. The van der Waals surface area contributed by atoms with Crippen LogP contribution < -0.4 is 0 Å². The summed E-state index contributed by atoms with van der Waals surface area (Å²) in [5.41, 5.74) is 0.955. The lowest BCUT2D eigenvalue weighted by molar-refractivity contribution is -0.389. The van der Waals surface area contributed by atoms with Gasteiger partial charge in [-0.2, -0.15) is 0 Å². The third-order valence-electron chi connectivity index (χ3n) is 2.81. The van der Waals surface area contributed by atoms with Crippen molar-refractivity contribution < 1.29 is 4.92 Å². The lowest BCUT2D eigenvalue weighted by Gasteiger charge is -2.01. The Hall–Kier alpha value is -2.21. The van der Waals surface area contributed by atoms with E-state index in [1.54, 1.807) is 12.1 Å². The lowest BCUT2D eigenvalue weighted by Crippen LogP contribution is -1.99. The van der Waals surface area contributed by atoms with Crippen molar-refractivity contribution in [2.45, 2.75) is 0 Å². The average molecular weight is 318 g/mol. The number of nitrogens with zero attached hydrogens (tertiary/aromatic N) is 3. The van der Waals surface area contributed by atoms with Crippen LogP contribution in [0, 0.1) is 10.1 Å². The molecule has 0 aliphatic heterocycles. The van der Waals surface area contributed by atoms with E-state index in [0.29, 0.717) is 5.82 Å². The van der Waals surface area contributed by atoms with Crippen molar-refractivity contribution >= 4 is 32.7 Å². The molecule has 0 N–H and O–H groups in total. The van der Waals surface area contributed by atoms with Gasteiger partial charge in [0.05, 0.1) is 5.52 Å². The lowest BCUT2D eigenvalue weighted by atomic mass is 10.2. The van der Waals surface area contributed by atoms with Gasteiger partial charge in [-0.05, 0) is 40.2 Å². The number of nitro groups is 1. The van der Waals surface area contributed by atoms with Gasteiger partial charge in [-0.1, -0.05) is 15.9 Å². The summed E-state index contributed by atoms with van der Waals surface area (Å²) < 4.78 is 2.82. The summed E-state index contributed by atoms with van der Waals surface area (Å²) in [6.07, 6.45) is 1.85. The molecule has 0 saturated carbocycles. The van der Waals surface area contributed by atoms with Crippen molar-refractivity contribution in [2.75, 3.05) is 0 Å². The summed E-state index contributed by atoms with van der Waals surface area (Å²) in [7, 11) is 0. The molecule has 94 valence electrons. The number of aromatic nitrogens is 2. The topological polar surface area (TPSA) is 61.0 Å². The quantitative estimate of drug-likeness (QED) is 0.535. The number of rotatable bonds is 2. The fourth-order valence-electron chi connectivity index (χ4n) is 1.96. The molecule has 0 radical (unpaired) electrons. The predicted octanol–water partition coefficient (Wildman–Crippen LogP) is 3.70. The molecule has 0 aliphatic carbocycles. The molecule has 2 aromatic heterocycles. The molecule has 0 atom stereocenters. The first-order valence-electron chi connectivity index (χ1n) is 5.53. The highest BCUT2D eigenvalue weighted by molar-refractivity contribution is 9.10. The first-order chi connectivity index (χ1) is 9.15. The van der Waals surface area contributed by atoms with E-state index in [4.69, 9.17) is 0 Å². The van der Waals surface area contributed by atoms with Gasteiger partial charge in [-0.25, -0.2) is 0 Å². The van der Waals surface area contributed by atoms with Crippen molar-refractivity contribution in [3.63, 3.8) is 0 Å². The molecule has 1 aromatic carbocycles. The van der Waals surface area contributed by atoms with Crippen LogP contribution in [-0.2, 0) is 0 Å². The Morgan fingerprint density at radius 2 is 2.05 bits per heavy atom. The van der Waals surface area contributed by atoms with Gasteiger partial charge in [0.25, 0.3) is 5.82 Å². The molecule has 3 aromatic rings. The zero-order chi connectivity index (χ0) is 13.4. The zero-order valence-corrected chi connectivity index (χ0v) is 11.2. The Morgan fingerprint density at radius 1 is 1.21 bits per heavy atom. The molecule has 0 saturated heterocycles. The number of pyridine rings is 1. The molecule has 19 heavy (non-hydrogen) atoms. The fraction of sp³-hybridized carbons (Fsp3) is 0. The van der Waals surface area contributed by atoms with Crippen molar-refractivity contribution in [3.05, 3.63) is 63.2 Å². The summed E-state index contributed by atoms with van der Waals surface area (Å²) in [5.74, 6) is 0.378. The monoisotopic (exact) mass is 317 g/mol. The number of fused-ring (bicyclic) bond motifs is 1. The maximum absolute atomic E-state index is 10.8. The second kappa shape index (κ2) is 4.47. The molecular formula is C13H8BrN3O2. The van der Waals surface area contributed by atoms with E-state index in [1.807, 2.05) is 35.0 Å². The van der Waals surface area contributed by atoms with Crippen molar-refractivity contribution in [3.8, 4) is 5.82 Å². The summed E-state index contributed by atoms with van der Waals surface area (Å²) in [6.45, 7) is 0. The summed E-state index contributed by atoms with van der Waals surface area (Å²) in [6, 6.07) is 12.6. The minimum atomic E-state index is -0.494. The Labute approximate surface area is 116 Å². The number of hydrogen-bond acceptors (Lipinski definition) is 3. The van der Waals surface area contributed by atoms with Crippen LogP contribution >= 0.6 is 15.9 Å². The summed E-state index contributed by atoms with van der Waals surface area (Å²) in [4.78, 5) is 14.3. The van der Waals surface area contributed by atoms with Crippen molar-refractivity contribution in [1.29, 1.82) is 0 Å². The van der Waals surface area contributed by atoms with Gasteiger partial charge in [0, 0.05) is 28.2 Å². The minimum Gasteiger partial charge on any atom is -0.358 e. The van der Waals surface area contributed by atoms with E-state index in [1.165, 1.54) is 6.07 Å². The molecule has 5 nitrogen and oxygen atoms in total. The molecule has 3 rings (SSSR count). The molecule has 0 aliphatic rings. The van der Waals surface area contributed by atoms with E-state index >= 15 is 0 Å². The molecule has 0 spiro atoms. The first kappa shape index (κ1) is 11.9. The van der Waals surface area contributed by atoms with Crippen molar-refractivity contribution in [2.24, 2.45) is 0 Å². The van der Waals surface area contributed by atoms with E-state index in [0.717, 1.165) is 15.4 Å². The standard InChI is InChI=1S/C13H8BrN3O2/c14-10-4-5-11-9(8-10)6-7-16(11)12-2-1-3-13(15-12)17(18)19/h1-8H. The van der Waals surface area contributed by atoms with Gasteiger partial charge in [0.2, 0.25) is 0 Å². The Bertz CT molecular complexity index is 782. The van der Waals surface area contributed by atoms with Crippen molar-refractivity contribution in [1.82, 2.24) is 9.55 Å². The first-order valence-corrected chi connectivity index (χ1v) is 6.33. The summed E-state index contributed by atoms with van der Waals surface area (Å²) >= 11 is 3.41. The summed E-state index contributed by atoms with van der Waals surface area (Å²) in [5, 5.41) is 11.8. The van der Waals surface area contributed by atoms with Crippen LogP contribution in [0.4, 0.5) is 5.82 Å². The molecule has 0 fully saturated rings. The van der Waals surface area contributed by atoms with Gasteiger partial charge in [-0.3, -0.25) is 4.57 Å². The van der Waals surface area contributed by atoms with Crippen LogP contribution in [0.1, 0.15) is 0 Å². The maximum Gasteiger partial charge on any atom is 0.365 e. The van der Waals surface area contributed by atoms with E-state index < -0.39 is 4.92 Å². The smallest absolute Gasteiger partial charge is 0.358 e. The van der Waals surface area contributed by atoms with Crippen LogP contribution in [0.25, 0.3) is 16.7 Å². The van der Waals surface area contributed by atoms with Gasteiger partial charge in [0.1, 0.15) is 0 Å². The predicted molar refractivity (Wildman–Crippen MR) is 75.4 cm³/mol. The largest absolute Gasteiger partial charge is 0.365 e. The Morgan fingerprint density at radius 3 is 2.84 bits per heavy atom. The molecule has 0 amide bonds. The van der Waals surface area contributed by atoms with E-state index in [9.17, 15) is 10.1 Å². The van der Waals surface area contributed by atoms with E-state index in [2.05, 4.69) is 20.9 Å². The second-order valence-corrected chi connectivity index (χ2v) is 4.92. The second-order valence-electron chi connectivity index (χ2n) is 4.00. The zero-order valence-electron chi connectivity index (χ0n) is 9.65. The van der Waals surface area contributed by atoms with Crippen LogP contribution in [0.3, 0.4) is 0 Å². The van der Waals surface area contributed by atoms with Gasteiger partial charge in [0.15, 0.2) is 0 Å². The Balaban J connectivity index is 2.19. The maximum atomic E-state index is 10.8. The van der Waals surface area contributed by atoms with E-state index in [-0.39, 0.29) is 5.82 Å². The molecule has 0 unspecified atom stereocenters. The van der Waals surface area contributed by atoms with Gasteiger partial charge < -0.3 is 10.1 Å². The van der Waals surface area contributed by atoms with Crippen LogP contribution in [0.15, 0.2) is 53.1 Å². The Kier molecular flexibility index (Phi) is 2.79. The number of benzene rings is 1. The molecule has 6 heteroatoms. The van der Waals surface area contributed by atoms with Crippen LogP contribution in [-0.4, -0.2) is 14.5 Å². The van der Waals surface area contributed by atoms with Crippen LogP contribution in [0.5, 0.6) is 0 Å². The van der Waals surface area contributed by atoms with Crippen LogP contribution in [0.2, 0.25) is 0 Å². The highest BCUT2D eigenvalue weighted by Crippen LogP contribution is 2.23. The fourth-order valence-corrected chi connectivity index (χ4v) is 2.34. The van der Waals surface area contributed by atoms with Gasteiger partial charge in [-0.15, -0.1) is 0 Å². The third-order valence-corrected chi connectivity index (χ3v) is 3.30. The highest BCUT2D eigenvalue weighted by Gasteiger charge is 2.12. The normalized spacial score (nSPS) is 10.8.